The van der Waals surface area contributed by atoms with Gasteiger partial charge in [0, 0.05) is 30.9 Å². The molecule has 0 aliphatic rings. The van der Waals surface area contributed by atoms with Crippen LogP contribution in [-0.2, 0) is 13.6 Å². The maximum absolute atomic E-state index is 12.1. The number of thiophene rings is 1. The fraction of sp³-hybridized carbons (Fsp3) is 0.150. The normalized spacial score (nSPS) is 11.3. The molecule has 2 N–H and O–H groups in total. The van der Waals surface area contributed by atoms with E-state index in [2.05, 4.69) is 43.4 Å². The van der Waals surface area contributed by atoms with Gasteiger partial charge < -0.3 is 15.2 Å². The van der Waals surface area contributed by atoms with Crippen LogP contribution in [0.1, 0.15) is 16.1 Å². The smallest absolute Gasteiger partial charge is 0.273 e. The van der Waals surface area contributed by atoms with Crippen molar-refractivity contribution >= 4 is 55.8 Å². The minimum absolute atomic E-state index is 0.224. The van der Waals surface area contributed by atoms with Gasteiger partial charge in [0.1, 0.15) is 5.52 Å². The van der Waals surface area contributed by atoms with Crippen LogP contribution in [0.2, 0.25) is 0 Å². The number of imidazole rings is 1. The van der Waals surface area contributed by atoms with E-state index in [9.17, 15) is 4.79 Å². The van der Waals surface area contributed by atoms with Crippen molar-refractivity contribution in [3.05, 3.63) is 53.3 Å². The van der Waals surface area contributed by atoms with E-state index in [4.69, 9.17) is 4.98 Å². The molecule has 0 saturated carbocycles. The van der Waals surface area contributed by atoms with Crippen molar-refractivity contribution in [3.8, 4) is 10.4 Å². The highest BCUT2D eigenvalue weighted by molar-refractivity contribution is 7.23. The van der Waals surface area contributed by atoms with Gasteiger partial charge in [0.05, 0.1) is 22.1 Å². The summed E-state index contributed by atoms with van der Waals surface area (Å²) >= 11 is 2.85. The number of anilines is 1. The van der Waals surface area contributed by atoms with Gasteiger partial charge in [0.2, 0.25) is 0 Å². The van der Waals surface area contributed by atoms with Gasteiger partial charge in [-0.25, -0.2) is 9.97 Å². The van der Waals surface area contributed by atoms with Crippen LogP contribution in [0.4, 0.5) is 5.82 Å². The second-order valence-electron chi connectivity index (χ2n) is 6.76. The number of hydrogen-bond acceptors (Lipinski definition) is 8. The molecule has 10 heteroatoms. The standard InChI is InChI=1S/C20H17N7OS2/c1-21-19-16-17(27(2)10-23-16)18-13(24-19)7-15(30-18)12-5-3-4-11(6-12)8-22-20(28)14-9-29-26-25-14/h3-7,9-10H,8H2,1-2H3,(H,21,24)(H,22,28). The van der Waals surface area contributed by atoms with Gasteiger partial charge in [-0.15, -0.1) is 16.4 Å². The molecular weight excluding hydrogens is 418 g/mol. The van der Waals surface area contributed by atoms with Crippen LogP contribution in [0, 0.1) is 0 Å². The summed E-state index contributed by atoms with van der Waals surface area (Å²) in [6.45, 7) is 0.420. The number of fused-ring (bicyclic) bond motifs is 3. The summed E-state index contributed by atoms with van der Waals surface area (Å²) in [7, 11) is 3.85. The van der Waals surface area contributed by atoms with Crippen LogP contribution in [0.25, 0.3) is 31.7 Å². The SMILES string of the molecule is CNc1nc2cc(-c3cccc(CNC(=O)c4csnn4)c3)sc2c2c1ncn2C. The largest absolute Gasteiger partial charge is 0.371 e. The third-order valence-corrected chi connectivity index (χ3v) is 6.50. The van der Waals surface area contributed by atoms with Crippen LogP contribution < -0.4 is 10.6 Å². The molecular formula is C20H17N7OS2. The molecule has 0 aliphatic carbocycles. The molecule has 0 unspecified atom stereocenters. The Morgan fingerprint density at radius 2 is 2.17 bits per heavy atom. The van der Waals surface area contributed by atoms with Crippen molar-refractivity contribution in [3.63, 3.8) is 0 Å². The van der Waals surface area contributed by atoms with Crippen LogP contribution in [-0.4, -0.2) is 37.1 Å². The third-order valence-electron chi connectivity index (χ3n) is 4.82. The fourth-order valence-electron chi connectivity index (χ4n) is 3.37. The molecule has 1 amide bonds. The number of aromatic nitrogens is 5. The number of nitrogens with zero attached hydrogens (tertiary/aromatic N) is 5. The summed E-state index contributed by atoms with van der Waals surface area (Å²) in [5.74, 6) is 0.550. The van der Waals surface area contributed by atoms with Crippen LogP contribution in [0.15, 0.2) is 42.0 Å². The van der Waals surface area contributed by atoms with Crippen molar-refractivity contribution in [2.45, 2.75) is 6.54 Å². The molecule has 0 spiro atoms. The molecule has 0 saturated heterocycles. The van der Waals surface area contributed by atoms with E-state index in [0.29, 0.717) is 12.2 Å². The molecule has 30 heavy (non-hydrogen) atoms. The highest BCUT2D eigenvalue weighted by Crippen LogP contribution is 2.38. The molecule has 0 atom stereocenters. The molecule has 8 nitrogen and oxygen atoms in total. The maximum Gasteiger partial charge on any atom is 0.273 e. The van der Waals surface area contributed by atoms with Crippen LogP contribution in [0.5, 0.6) is 0 Å². The third kappa shape index (κ3) is 3.19. The summed E-state index contributed by atoms with van der Waals surface area (Å²) < 4.78 is 6.86. The van der Waals surface area contributed by atoms with E-state index in [1.54, 1.807) is 16.7 Å². The van der Waals surface area contributed by atoms with Crippen LogP contribution in [0.3, 0.4) is 0 Å². The van der Waals surface area contributed by atoms with E-state index in [0.717, 1.165) is 54.6 Å². The number of amides is 1. The zero-order valence-electron chi connectivity index (χ0n) is 16.2. The minimum Gasteiger partial charge on any atom is -0.371 e. The van der Waals surface area contributed by atoms with Gasteiger partial charge in [0.15, 0.2) is 11.5 Å². The van der Waals surface area contributed by atoms with Crippen molar-refractivity contribution in [2.24, 2.45) is 7.05 Å². The van der Waals surface area contributed by atoms with E-state index in [1.165, 1.54) is 0 Å². The first-order valence-corrected chi connectivity index (χ1v) is 10.9. The Kier molecular flexibility index (Phi) is 4.64. The second-order valence-corrected chi connectivity index (χ2v) is 8.42. The number of benzene rings is 1. The Labute approximate surface area is 179 Å². The summed E-state index contributed by atoms with van der Waals surface area (Å²) in [4.78, 5) is 22.5. The zero-order chi connectivity index (χ0) is 20.7. The molecule has 4 heterocycles. The van der Waals surface area contributed by atoms with E-state index < -0.39 is 0 Å². The van der Waals surface area contributed by atoms with Gasteiger partial charge in [-0.2, -0.15) is 0 Å². The van der Waals surface area contributed by atoms with Gasteiger partial charge in [-0.05, 0) is 34.8 Å². The van der Waals surface area contributed by atoms with E-state index in [1.807, 2.05) is 37.1 Å². The summed E-state index contributed by atoms with van der Waals surface area (Å²) in [6, 6.07) is 10.3. The molecule has 4 aromatic heterocycles. The lowest BCUT2D eigenvalue weighted by molar-refractivity contribution is 0.0946. The fourth-order valence-corrected chi connectivity index (χ4v) is 4.98. The minimum atomic E-state index is -0.224. The number of carbonyl (C=O) groups is 1. The maximum atomic E-state index is 12.1. The summed E-state index contributed by atoms with van der Waals surface area (Å²) in [6.07, 6.45) is 1.81. The monoisotopic (exact) mass is 435 g/mol. The Morgan fingerprint density at radius 3 is 2.97 bits per heavy atom. The molecule has 1 aromatic carbocycles. The number of hydrogen-bond donors (Lipinski definition) is 2. The lowest BCUT2D eigenvalue weighted by Crippen LogP contribution is -2.23. The number of pyridine rings is 1. The molecule has 5 rings (SSSR count). The number of carbonyl (C=O) groups excluding carboxylic acids is 1. The van der Waals surface area contributed by atoms with Crippen molar-refractivity contribution in [2.75, 3.05) is 12.4 Å². The Balaban J connectivity index is 1.48. The first kappa shape index (κ1) is 18.6. The number of aryl methyl sites for hydroxylation is 1. The average molecular weight is 436 g/mol. The predicted octanol–water partition coefficient (Wildman–Crippen LogP) is 3.67. The lowest BCUT2D eigenvalue weighted by atomic mass is 10.1. The Hall–Kier alpha value is -3.37. The number of rotatable bonds is 5. The molecule has 150 valence electrons. The predicted molar refractivity (Wildman–Crippen MR) is 120 cm³/mol. The van der Waals surface area contributed by atoms with Crippen molar-refractivity contribution in [1.82, 2.24) is 29.4 Å². The molecule has 0 fully saturated rings. The average Bonchev–Trinajstić information content (AvgIpc) is 3.51. The van der Waals surface area contributed by atoms with E-state index >= 15 is 0 Å². The Morgan fingerprint density at radius 1 is 1.27 bits per heavy atom. The van der Waals surface area contributed by atoms with E-state index in [-0.39, 0.29) is 5.91 Å². The van der Waals surface area contributed by atoms with Gasteiger partial charge in [-0.3, -0.25) is 4.79 Å². The van der Waals surface area contributed by atoms with Gasteiger partial charge in [-0.1, -0.05) is 22.7 Å². The highest BCUT2D eigenvalue weighted by Gasteiger charge is 2.16. The molecule has 0 aliphatic heterocycles. The van der Waals surface area contributed by atoms with Gasteiger partial charge >= 0.3 is 0 Å². The quantitative estimate of drug-likeness (QED) is 0.437. The number of nitrogens with one attached hydrogen (secondary N) is 2. The topological polar surface area (TPSA) is 97.6 Å². The van der Waals surface area contributed by atoms with Gasteiger partial charge in [0.25, 0.3) is 5.91 Å². The molecule has 5 aromatic rings. The molecule has 0 bridgehead atoms. The first-order valence-electron chi connectivity index (χ1n) is 9.21. The van der Waals surface area contributed by atoms with Crippen molar-refractivity contribution in [1.29, 1.82) is 0 Å². The summed E-state index contributed by atoms with van der Waals surface area (Å²) in [5, 5.41) is 11.5. The Bertz CT molecular complexity index is 1370. The first-order chi connectivity index (χ1) is 14.6. The van der Waals surface area contributed by atoms with Crippen molar-refractivity contribution < 1.29 is 4.79 Å². The summed E-state index contributed by atoms with van der Waals surface area (Å²) in [5.41, 5.74) is 5.31. The lowest BCUT2D eigenvalue weighted by Gasteiger charge is -2.05. The van der Waals surface area contributed by atoms with Crippen LogP contribution >= 0.6 is 22.9 Å². The molecule has 0 radical (unpaired) electrons. The zero-order valence-corrected chi connectivity index (χ0v) is 17.8. The highest BCUT2D eigenvalue weighted by atomic mass is 32.1. The second kappa shape index (κ2) is 7.47.